The van der Waals surface area contributed by atoms with Gasteiger partial charge in [-0.15, -0.1) is 4.52 Å². The van der Waals surface area contributed by atoms with Crippen molar-refractivity contribution in [1.82, 2.24) is 0 Å². The first-order valence-electron chi connectivity index (χ1n) is 4.24. The maximum absolute atomic E-state index is 11.4. The van der Waals surface area contributed by atoms with Crippen LogP contribution in [0.2, 0.25) is 0 Å². The second-order valence-electron chi connectivity index (χ2n) is 2.86. The van der Waals surface area contributed by atoms with E-state index in [0.29, 0.717) is 6.42 Å². The molecule has 0 aromatic carbocycles. The number of carbonyl (C=O) groups excluding carboxylic acids is 1. The van der Waals surface area contributed by atoms with E-state index in [2.05, 4.69) is 4.74 Å². The zero-order chi connectivity index (χ0) is 12.1. The van der Waals surface area contributed by atoms with Crippen LogP contribution in [0.1, 0.15) is 20.3 Å². The third-order valence-electron chi connectivity index (χ3n) is 1.23. The van der Waals surface area contributed by atoms with Crippen molar-refractivity contribution in [2.75, 3.05) is 12.9 Å². The second kappa shape index (κ2) is 6.15. The normalized spacial score (nSPS) is 14.5. The number of sulfone groups is 1. The number of ether oxygens (including phenoxy) is 1. The molecule has 0 bridgehead atoms. The summed E-state index contributed by atoms with van der Waals surface area (Å²) in [5, 5.41) is -1.71. The smallest absolute Gasteiger partial charge is 0.402 e. The van der Waals surface area contributed by atoms with E-state index in [1.165, 1.54) is 0 Å². The van der Waals surface area contributed by atoms with Gasteiger partial charge in [-0.3, -0.25) is 4.79 Å². The Bertz CT molecular complexity index is 335. The monoisotopic (exact) mass is 257 g/mol. The van der Waals surface area contributed by atoms with Gasteiger partial charge in [-0.1, -0.05) is 6.92 Å². The predicted molar refractivity (Wildman–Crippen MR) is 54.2 cm³/mol. The summed E-state index contributed by atoms with van der Waals surface area (Å²) in [5.41, 5.74) is 0. The van der Waals surface area contributed by atoms with E-state index >= 15 is 0 Å². The van der Waals surface area contributed by atoms with Gasteiger partial charge in [0.25, 0.3) is 0 Å². The lowest BCUT2D eigenvalue weighted by molar-refractivity contribution is -0.140. The zero-order valence-corrected chi connectivity index (χ0v) is 10.5. The standard InChI is InChI=1S/C7H14O6PS/c1-4-5-12-14(9)7(13-6(2)8)15(3,10)11/h7H,4-5H2,1-3H3/q+1. The Morgan fingerprint density at radius 2 is 2.00 bits per heavy atom. The SMILES string of the molecule is CCCO[P+](=O)C(OC(C)=O)S(C)(=O)=O. The minimum absolute atomic E-state index is 0.155. The molecular weight excluding hydrogens is 243 g/mol. The highest BCUT2D eigenvalue weighted by Gasteiger charge is 2.45. The number of carbonyl (C=O) groups is 1. The number of hydrogen-bond acceptors (Lipinski definition) is 6. The summed E-state index contributed by atoms with van der Waals surface area (Å²) in [5.74, 6) is -0.811. The van der Waals surface area contributed by atoms with Crippen LogP contribution in [0.15, 0.2) is 0 Å². The fraction of sp³-hybridized carbons (Fsp3) is 0.857. The molecule has 2 atom stereocenters. The predicted octanol–water partition coefficient (Wildman–Crippen LogP) is 1.05. The quantitative estimate of drug-likeness (QED) is 0.522. The largest absolute Gasteiger partial charge is 0.571 e. The lowest BCUT2D eigenvalue weighted by atomic mass is 10.5. The third kappa shape index (κ3) is 5.81. The lowest BCUT2D eigenvalue weighted by Crippen LogP contribution is -2.22. The summed E-state index contributed by atoms with van der Waals surface area (Å²) in [6, 6.07) is 0. The van der Waals surface area contributed by atoms with Crippen molar-refractivity contribution in [3.8, 4) is 0 Å². The van der Waals surface area contributed by atoms with Crippen LogP contribution in [0.5, 0.6) is 0 Å². The van der Waals surface area contributed by atoms with Crippen LogP contribution in [-0.4, -0.2) is 32.4 Å². The summed E-state index contributed by atoms with van der Waals surface area (Å²) in [6.45, 7) is 2.98. The Morgan fingerprint density at radius 3 is 2.33 bits per heavy atom. The van der Waals surface area contributed by atoms with Crippen molar-refractivity contribution >= 4 is 23.8 Å². The van der Waals surface area contributed by atoms with Gasteiger partial charge in [0.1, 0.15) is 6.61 Å². The molecule has 2 unspecified atom stereocenters. The molecule has 6 nitrogen and oxygen atoms in total. The summed E-state index contributed by atoms with van der Waals surface area (Å²) >= 11 is 0. The maximum atomic E-state index is 11.4. The molecule has 0 aromatic heterocycles. The van der Waals surface area contributed by atoms with Crippen LogP contribution in [0.4, 0.5) is 0 Å². The van der Waals surface area contributed by atoms with Crippen LogP contribution >= 0.6 is 8.03 Å². The van der Waals surface area contributed by atoms with Gasteiger partial charge in [-0.25, -0.2) is 8.42 Å². The van der Waals surface area contributed by atoms with Gasteiger partial charge in [0.2, 0.25) is 9.84 Å². The highest BCUT2D eigenvalue weighted by molar-refractivity contribution is 7.96. The van der Waals surface area contributed by atoms with E-state index in [1.54, 1.807) is 6.92 Å². The fourth-order valence-electron chi connectivity index (χ4n) is 0.671. The topological polar surface area (TPSA) is 86.7 Å². The van der Waals surface area contributed by atoms with E-state index in [4.69, 9.17) is 4.52 Å². The van der Waals surface area contributed by atoms with E-state index in [0.717, 1.165) is 13.2 Å². The van der Waals surface area contributed by atoms with Gasteiger partial charge in [0, 0.05) is 13.2 Å². The zero-order valence-electron chi connectivity index (χ0n) is 8.80. The summed E-state index contributed by atoms with van der Waals surface area (Å²) in [7, 11) is -6.29. The van der Waals surface area contributed by atoms with Gasteiger partial charge < -0.3 is 4.74 Å². The molecule has 0 N–H and O–H groups in total. The first-order chi connectivity index (χ1) is 6.79. The van der Waals surface area contributed by atoms with Crippen LogP contribution in [-0.2, 0) is 28.5 Å². The lowest BCUT2D eigenvalue weighted by Gasteiger charge is -2.03. The molecule has 0 radical (unpaired) electrons. The van der Waals surface area contributed by atoms with Crippen molar-refractivity contribution < 1.29 is 27.0 Å². The molecular formula is C7H14O6PS+. The van der Waals surface area contributed by atoms with E-state index in [1.807, 2.05) is 0 Å². The Labute approximate surface area is 89.7 Å². The molecule has 0 aliphatic rings. The van der Waals surface area contributed by atoms with Crippen LogP contribution in [0.3, 0.4) is 0 Å². The second-order valence-corrected chi connectivity index (χ2v) is 6.60. The highest BCUT2D eigenvalue weighted by Crippen LogP contribution is 2.33. The van der Waals surface area contributed by atoms with Gasteiger partial charge >= 0.3 is 19.2 Å². The van der Waals surface area contributed by atoms with Crippen molar-refractivity contribution in [3.63, 3.8) is 0 Å². The molecule has 15 heavy (non-hydrogen) atoms. The first-order valence-corrected chi connectivity index (χ1v) is 7.44. The van der Waals surface area contributed by atoms with Crippen molar-refractivity contribution in [2.45, 2.75) is 25.4 Å². The van der Waals surface area contributed by atoms with Gasteiger partial charge in [-0.2, -0.15) is 0 Å². The fourth-order valence-corrected chi connectivity index (χ4v) is 3.13. The molecule has 0 saturated heterocycles. The number of rotatable bonds is 6. The molecule has 0 rings (SSSR count). The highest BCUT2D eigenvalue weighted by atomic mass is 32.2. The first kappa shape index (κ1) is 14.5. The Morgan fingerprint density at radius 1 is 1.47 bits per heavy atom. The average molecular weight is 257 g/mol. The number of hydrogen-bond donors (Lipinski definition) is 0. The molecule has 0 aromatic rings. The van der Waals surface area contributed by atoms with Crippen molar-refractivity contribution in [1.29, 1.82) is 0 Å². The van der Waals surface area contributed by atoms with E-state index < -0.39 is 29.0 Å². The van der Waals surface area contributed by atoms with Crippen LogP contribution in [0.25, 0.3) is 0 Å². The molecule has 8 heteroatoms. The van der Waals surface area contributed by atoms with Crippen LogP contribution in [0, 0.1) is 0 Å². The summed E-state index contributed by atoms with van der Waals surface area (Å²) in [4.78, 5) is 10.6. The molecule has 0 aliphatic heterocycles. The van der Waals surface area contributed by atoms with Gasteiger partial charge in [-0.05, 0) is 11.0 Å². The Kier molecular flexibility index (Phi) is 5.93. The molecule has 0 spiro atoms. The van der Waals surface area contributed by atoms with Gasteiger partial charge in [0.05, 0.1) is 0 Å². The average Bonchev–Trinajstić information content (AvgIpc) is 2.08. The van der Waals surface area contributed by atoms with E-state index in [9.17, 15) is 17.8 Å². The molecule has 0 fully saturated rings. The molecule has 0 amide bonds. The van der Waals surface area contributed by atoms with Crippen LogP contribution < -0.4 is 0 Å². The minimum atomic E-state index is -3.74. The number of esters is 1. The molecule has 0 saturated carbocycles. The van der Waals surface area contributed by atoms with Crippen molar-refractivity contribution in [2.24, 2.45) is 0 Å². The third-order valence-corrected chi connectivity index (χ3v) is 4.61. The Balaban J connectivity index is 4.64. The molecule has 0 aliphatic carbocycles. The van der Waals surface area contributed by atoms with Crippen molar-refractivity contribution in [3.05, 3.63) is 0 Å². The molecule has 0 heterocycles. The van der Waals surface area contributed by atoms with Gasteiger partial charge in [0.15, 0.2) is 0 Å². The summed E-state index contributed by atoms with van der Waals surface area (Å²) < 4.78 is 42.8. The molecule has 88 valence electrons. The maximum Gasteiger partial charge on any atom is 0.571 e. The van der Waals surface area contributed by atoms with E-state index in [-0.39, 0.29) is 6.61 Å². The minimum Gasteiger partial charge on any atom is -0.402 e. The summed E-state index contributed by atoms with van der Waals surface area (Å²) in [6.07, 6.45) is 1.43. The Hall–Kier alpha value is -0.520.